The van der Waals surface area contributed by atoms with Crippen LogP contribution in [0.1, 0.15) is 10.4 Å². The molecule has 1 saturated heterocycles. The SMILES string of the molecule is C=CC(N1CCN(C)CC1)S(=O)(=O)c1ccc(-c2c(O)[nH]c3cc(C(N)=O)ccc23)nc1.Cl. The third-order valence-corrected chi connectivity index (χ3v) is 7.83. The third-order valence-electron chi connectivity index (χ3n) is 5.80. The summed E-state index contributed by atoms with van der Waals surface area (Å²) in [6.45, 7) is 6.58. The van der Waals surface area contributed by atoms with Gasteiger partial charge in [-0.25, -0.2) is 8.42 Å². The molecule has 1 aliphatic rings. The molecule has 1 aromatic carbocycles. The normalized spacial score (nSPS) is 16.3. The number of nitrogens with two attached hydrogens (primary N) is 1. The van der Waals surface area contributed by atoms with Gasteiger partial charge < -0.3 is 20.7 Å². The van der Waals surface area contributed by atoms with Crippen LogP contribution in [0.4, 0.5) is 0 Å². The van der Waals surface area contributed by atoms with Crippen LogP contribution in [0.2, 0.25) is 0 Å². The van der Waals surface area contributed by atoms with E-state index in [1.54, 1.807) is 24.3 Å². The minimum absolute atomic E-state index is 0. The standard InChI is InChI=1S/C22H25N5O4S.ClH/c1-3-19(27-10-8-26(2)9-11-27)32(30,31)15-5-7-17(24-13-15)20-16-6-4-14(21(23)28)12-18(16)25-22(20)29;/h3-7,12-13,19,25,29H,1,8-11H2,2H3,(H2,23,28);1H. The number of hydrogen-bond donors (Lipinski definition) is 3. The quantitative estimate of drug-likeness (QED) is 0.449. The molecule has 1 atom stereocenters. The van der Waals surface area contributed by atoms with Crippen molar-refractivity contribution in [2.45, 2.75) is 10.3 Å². The third kappa shape index (κ3) is 4.60. The topological polar surface area (TPSA) is 133 Å². The van der Waals surface area contributed by atoms with Crippen molar-refractivity contribution in [2.24, 2.45) is 5.73 Å². The number of primary amides is 1. The van der Waals surface area contributed by atoms with Crippen LogP contribution in [0.3, 0.4) is 0 Å². The lowest BCUT2D eigenvalue weighted by atomic mass is 10.1. The lowest BCUT2D eigenvalue weighted by Crippen LogP contribution is -2.50. The highest BCUT2D eigenvalue weighted by molar-refractivity contribution is 7.92. The van der Waals surface area contributed by atoms with E-state index in [-0.39, 0.29) is 23.2 Å². The number of pyridine rings is 1. The minimum Gasteiger partial charge on any atom is -0.494 e. The highest BCUT2D eigenvalue weighted by atomic mass is 35.5. The number of amides is 1. The Hall–Kier alpha value is -2.92. The fraction of sp³-hybridized carbons (Fsp3) is 0.273. The molecule has 0 bridgehead atoms. The molecule has 3 heterocycles. The van der Waals surface area contributed by atoms with E-state index in [2.05, 4.69) is 21.4 Å². The van der Waals surface area contributed by atoms with Crippen molar-refractivity contribution in [3.63, 3.8) is 0 Å². The highest BCUT2D eigenvalue weighted by Gasteiger charge is 2.32. The predicted molar refractivity (Wildman–Crippen MR) is 129 cm³/mol. The molecule has 9 nitrogen and oxygen atoms in total. The molecule has 0 radical (unpaired) electrons. The van der Waals surface area contributed by atoms with Crippen LogP contribution in [0, 0.1) is 0 Å². The van der Waals surface area contributed by atoms with Gasteiger partial charge in [-0.15, -0.1) is 19.0 Å². The second-order valence-corrected chi connectivity index (χ2v) is 9.91. The maximum atomic E-state index is 13.3. The van der Waals surface area contributed by atoms with E-state index in [0.29, 0.717) is 40.8 Å². The molecule has 1 unspecified atom stereocenters. The molecule has 3 aromatic rings. The Kier molecular flexibility index (Phi) is 7.13. The number of piperazine rings is 1. The van der Waals surface area contributed by atoms with Crippen LogP contribution in [0.5, 0.6) is 5.88 Å². The number of carbonyl (C=O) groups excluding carboxylic acids is 1. The Morgan fingerprint density at radius 2 is 1.94 bits per heavy atom. The Morgan fingerprint density at radius 3 is 2.52 bits per heavy atom. The fourth-order valence-electron chi connectivity index (χ4n) is 3.98. The summed E-state index contributed by atoms with van der Waals surface area (Å²) < 4.78 is 26.5. The Balaban J connectivity index is 0.00000306. The van der Waals surface area contributed by atoms with Crippen LogP contribution in [-0.4, -0.2) is 77.8 Å². The molecule has 1 aliphatic heterocycles. The summed E-state index contributed by atoms with van der Waals surface area (Å²) >= 11 is 0. The number of benzene rings is 1. The largest absolute Gasteiger partial charge is 0.494 e. The maximum absolute atomic E-state index is 13.3. The number of fused-ring (bicyclic) bond motifs is 1. The van der Waals surface area contributed by atoms with Gasteiger partial charge in [0.25, 0.3) is 0 Å². The molecular formula is C22H26ClN5O4S. The Labute approximate surface area is 198 Å². The lowest BCUT2D eigenvalue weighted by Gasteiger charge is -2.36. The van der Waals surface area contributed by atoms with E-state index >= 15 is 0 Å². The van der Waals surface area contributed by atoms with Crippen LogP contribution in [0.15, 0.2) is 54.1 Å². The van der Waals surface area contributed by atoms with E-state index < -0.39 is 21.1 Å². The number of nitrogens with zero attached hydrogens (tertiary/aromatic N) is 3. The van der Waals surface area contributed by atoms with Gasteiger partial charge in [0.05, 0.1) is 16.2 Å². The smallest absolute Gasteiger partial charge is 0.248 e. The van der Waals surface area contributed by atoms with E-state index in [4.69, 9.17) is 5.73 Å². The Morgan fingerprint density at radius 1 is 1.24 bits per heavy atom. The first-order valence-corrected chi connectivity index (χ1v) is 11.7. The molecule has 11 heteroatoms. The zero-order valence-electron chi connectivity index (χ0n) is 18.1. The number of rotatable bonds is 6. The van der Waals surface area contributed by atoms with Crippen LogP contribution in [-0.2, 0) is 9.84 Å². The van der Waals surface area contributed by atoms with Gasteiger partial charge in [0.15, 0.2) is 15.7 Å². The first kappa shape index (κ1) is 24.7. The van der Waals surface area contributed by atoms with E-state index in [1.807, 2.05) is 11.9 Å². The number of nitrogens with one attached hydrogen (secondary N) is 1. The molecule has 0 saturated carbocycles. The monoisotopic (exact) mass is 491 g/mol. The fourth-order valence-corrected chi connectivity index (χ4v) is 5.57. The van der Waals surface area contributed by atoms with Crippen molar-refractivity contribution in [2.75, 3.05) is 33.2 Å². The van der Waals surface area contributed by atoms with Crippen LogP contribution < -0.4 is 5.73 Å². The molecule has 33 heavy (non-hydrogen) atoms. The van der Waals surface area contributed by atoms with Crippen molar-refractivity contribution in [1.29, 1.82) is 0 Å². The van der Waals surface area contributed by atoms with Crippen LogP contribution in [0.25, 0.3) is 22.2 Å². The molecule has 1 amide bonds. The summed E-state index contributed by atoms with van der Waals surface area (Å²) in [5.41, 5.74) is 6.96. The number of aromatic amines is 1. The van der Waals surface area contributed by atoms with Gasteiger partial charge >= 0.3 is 0 Å². The molecular weight excluding hydrogens is 466 g/mol. The molecule has 1 fully saturated rings. The van der Waals surface area contributed by atoms with Crippen molar-refractivity contribution in [1.82, 2.24) is 19.8 Å². The number of H-pyrrole nitrogens is 1. The Bertz CT molecular complexity index is 1280. The number of likely N-dealkylation sites (N-methyl/N-ethyl adjacent to an activating group) is 1. The molecule has 4 N–H and O–H groups in total. The number of aromatic nitrogens is 2. The van der Waals surface area contributed by atoms with Gasteiger partial charge in [-0.2, -0.15) is 0 Å². The second kappa shape index (κ2) is 9.52. The number of sulfone groups is 1. The molecule has 0 spiro atoms. The van der Waals surface area contributed by atoms with Gasteiger partial charge in [-0.05, 0) is 31.3 Å². The first-order valence-electron chi connectivity index (χ1n) is 10.1. The van der Waals surface area contributed by atoms with Gasteiger partial charge in [0.1, 0.15) is 5.37 Å². The lowest BCUT2D eigenvalue weighted by molar-refractivity contribution is 0.100. The summed E-state index contributed by atoms with van der Waals surface area (Å²) in [7, 11) is -1.71. The maximum Gasteiger partial charge on any atom is 0.248 e. The zero-order chi connectivity index (χ0) is 23.0. The van der Waals surface area contributed by atoms with E-state index in [0.717, 1.165) is 13.1 Å². The number of hydrogen-bond acceptors (Lipinski definition) is 7. The van der Waals surface area contributed by atoms with E-state index in [1.165, 1.54) is 18.3 Å². The average molecular weight is 492 g/mol. The van der Waals surface area contributed by atoms with Crippen molar-refractivity contribution >= 4 is 39.1 Å². The van der Waals surface area contributed by atoms with Gasteiger partial charge in [-0.3, -0.25) is 14.7 Å². The highest BCUT2D eigenvalue weighted by Crippen LogP contribution is 2.36. The average Bonchev–Trinajstić information content (AvgIpc) is 3.10. The molecule has 4 rings (SSSR count). The van der Waals surface area contributed by atoms with Gasteiger partial charge in [0, 0.05) is 48.8 Å². The van der Waals surface area contributed by atoms with E-state index in [9.17, 15) is 18.3 Å². The number of halogens is 1. The molecule has 2 aromatic heterocycles. The van der Waals surface area contributed by atoms with Gasteiger partial charge in [0.2, 0.25) is 5.91 Å². The molecule has 176 valence electrons. The number of carbonyl (C=O) groups is 1. The van der Waals surface area contributed by atoms with Crippen LogP contribution >= 0.6 is 12.4 Å². The summed E-state index contributed by atoms with van der Waals surface area (Å²) in [5.74, 6) is -0.710. The van der Waals surface area contributed by atoms with Crippen molar-refractivity contribution in [3.8, 4) is 17.1 Å². The first-order chi connectivity index (χ1) is 15.2. The predicted octanol–water partition coefficient (Wildman–Crippen LogP) is 1.99. The summed E-state index contributed by atoms with van der Waals surface area (Å²) in [6, 6.07) is 7.81. The second-order valence-electron chi connectivity index (χ2n) is 7.86. The number of aromatic hydroxyl groups is 1. The summed E-state index contributed by atoms with van der Waals surface area (Å²) in [5, 5.41) is 10.2. The minimum atomic E-state index is -3.72. The summed E-state index contributed by atoms with van der Waals surface area (Å²) in [4.78, 5) is 22.7. The van der Waals surface area contributed by atoms with Crippen molar-refractivity contribution in [3.05, 3.63) is 54.7 Å². The van der Waals surface area contributed by atoms with Gasteiger partial charge in [-0.1, -0.05) is 12.1 Å². The molecule has 0 aliphatic carbocycles. The zero-order valence-corrected chi connectivity index (χ0v) is 19.7. The van der Waals surface area contributed by atoms with Crippen molar-refractivity contribution < 1.29 is 18.3 Å². The summed E-state index contributed by atoms with van der Waals surface area (Å²) in [6.07, 6.45) is 2.75.